The van der Waals surface area contributed by atoms with Gasteiger partial charge >= 0.3 is 0 Å². The standard InChI is InChI=1S/C18H28ClNO3/c1-4-20-8-7-16(21)14(12-20)9-13-10-15(19)18(23-6-3)17(11-13)22-5-2/h10-11,14,16,21H,4-9,12H2,1-3H3. The van der Waals surface area contributed by atoms with Gasteiger partial charge in [-0.2, -0.15) is 0 Å². The molecule has 1 fully saturated rings. The summed E-state index contributed by atoms with van der Waals surface area (Å²) >= 11 is 6.38. The predicted molar refractivity (Wildman–Crippen MR) is 93.7 cm³/mol. The van der Waals surface area contributed by atoms with E-state index in [4.69, 9.17) is 21.1 Å². The molecule has 130 valence electrons. The molecule has 5 heteroatoms. The Morgan fingerprint density at radius 3 is 2.61 bits per heavy atom. The van der Waals surface area contributed by atoms with Gasteiger partial charge in [-0.05, 0) is 50.9 Å². The fourth-order valence-corrected chi connectivity index (χ4v) is 3.46. The first-order valence-corrected chi connectivity index (χ1v) is 8.95. The van der Waals surface area contributed by atoms with Crippen molar-refractivity contribution in [2.24, 2.45) is 5.92 Å². The third-order valence-electron chi connectivity index (χ3n) is 4.38. The smallest absolute Gasteiger partial charge is 0.179 e. The lowest BCUT2D eigenvalue weighted by atomic mass is 9.88. The number of ether oxygens (including phenoxy) is 2. The maximum atomic E-state index is 10.3. The van der Waals surface area contributed by atoms with Gasteiger partial charge < -0.3 is 19.5 Å². The van der Waals surface area contributed by atoms with E-state index < -0.39 is 0 Å². The molecule has 2 atom stereocenters. The van der Waals surface area contributed by atoms with Crippen LogP contribution in [-0.4, -0.2) is 49.0 Å². The molecular weight excluding hydrogens is 314 g/mol. The molecule has 1 aromatic carbocycles. The number of hydrogen-bond donors (Lipinski definition) is 1. The van der Waals surface area contributed by atoms with Crippen molar-refractivity contribution in [3.63, 3.8) is 0 Å². The molecule has 1 saturated heterocycles. The Hall–Kier alpha value is -0.970. The van der Waals surface area contributed by atoms with Crippen LogP contribution in [0.5, 0.6) is 11.5 Å². The van der Waals surface area contributed by atoms with E-state index in [1.54, 1.807) is 0 Å². The van der Waals surface area contributed by atoms with E-state index in [-0.39, 0.29) is 12.0 Å². The van der Waals surface area contributed by atoms with Gasteiger partial charge in [-0.1, -0.05) is 18.5 Å². The van der Waals surface area contributed by atoms with Crippen molar-refractivity contribution in [1.29, 1.82) is 0 Å². The Morgan fingerprint density at radius 1 is 1.22 bits per heavy atom. The quantitative estimate of drug-likeness (QED) is 0.825. The van der Waals surface area contributed by atoms with E-state index in [1.165, 1.54) is 0 Å². The molecule has 0 aliphatic carbocycles. The third kappa shape index (κ3) is 4.75. The van der Waals surface area contributed by atoms with Crippen molar-refractivity contribution in [3.05, 3.63) is 22.7 Å². The average molecular weight is 342 g/mol. The van der Waals surface area contributed by atoms with Gasteiger partial charge in [-0.3, -0.25) is 0 Å². The van der Waals surface area contributed by atoms with Crippen LogP contribution < -0.4 is 9.47 Å². The SMILES string of the molecule is CCOc1cc(CC2CN(CC)CCC2O)cc(Cl)c1OCC. The van der Waals surface area contributed by atoms with Crippen LogP contribution in [0.15, 0.2) is 12.1 Å². The number of nitrogens with zero attached hydrogens (tertiary/aromatic N) is 1. The number of rotatable bonds is 7. The molecule has 1 aliphatic rings. The predicted octanol–water partition coefficient (Wildman–Crippen LogP) is 3.38. The molecule has 0 saturated carbocycles. The highest BCUT2D eigenvalue weighted by Crippen LogP contribution is 2.37. The second-order valence-corrected chi connectivity index (χ2v) is 6.39. The maximum absolute atomic E-state index is 10.3. The lowest BCUT2D eigenvalue weighted by Crippen LogP contribution is -2.43. The Balaban J connectivity index is 2.18. The molecule has 2 rings (SSSR count). The van der Waals surface area contributed by atoms with E-state index in [0.29, 0.717) is 29.7 Å². The zero-order valence-corrected chi connectivity index (χ0v) is 15.1. The zero-order valence-electron chi connectivity index (χ0n) is 14.3. The fourth-order valence-electron chi connectivity index (χ4n) is 3.17. The van der Waals surface area contributed by atoms with E-state index in [9.17, 15) is 5.11 Å². The van der Waals surface area contributed by atoms with Crippen LogP contribution in [-0.2, 0) is 6.42 Å². The Bertz CT molecular complexity index is 509. The Kier molecular flexibility index (Phi) is 7.00. The number of aliphatic hydroxyl groups excluding tert-OH is 1. The molecule has 0 spiro atoms. The second-order valence-electron chi connectivity index (χ2n) is 5.98. The number of benzene rings is 1. The van der Waals surface area contributed by atoms with Gasteiger partial charge in [0.25, 0.3) is 0 Å². The molecule has 0 amide bonds. The number of piperidine rings is 1. The van der Waals surface area contributed by atoms with E-state index in [1.807, 2.05) is 26.0 Å². The molecule has 0 radical (unpaired) electrons. The first kappa shape index (κ1) is 18.4. The molecule has 0 bridgehead atoms. The Labute approximate surface area is 144 Å². The van der Waals surface area contributed by atoms with Crippen LogP contribution in [0, 0.1) is 5.92 Å². The van der Waals surface area contributed by atoms with E-state index in [2.05, 4.69) is 11.8 Å². The summed E-state index contributed by atoms with van der Waals surface area (Å²) < 4.78 is 11.3. The van der Waals surface area contributed by atoms with Gasteiger partial charge in [-0.25, -0.2) is 0 Å². The summed E-state index contributed by atoms with van der Waals surface area (Å²) in [4.78, 5) is 2.39. The molecule has 2 unspecified atom stereocenters. The summed E-state index contributed by atoms with van der Waals surface area (Å²) in [6.45, 7) is 10.1. The van der Waals surface area contributed by atoms with Crippen LogP contribution in [0.2, 0.25) is 5.02 Å². The molecule has 1 N–H and O–H groups in total. The van der Waals surface area contributed by atoms with E-state index >= 15 is 0 Å². The summed E-state index contributed by atoms with van der Waals surface area (Å²) in [5.74, 6) is 1.53. The van der Waals surface area contributed by atoms with Crippen LogP contribution in [0.25, 0.3) is 0 Å². The van der Waals surface area contributed by atoms with Crippen molar-refractivity contribution in [2.45, 2.75) is 39.7 Å². The lowest BCUT2D eigenvalue weighted by molar-refractivity contribution is 0.0290. The molecule has 1 heterocycles. The highest BCUT2D eigenvalue weighted by molar-refractivity contribution is 6.32. The molecule has 0 aromatic heterocycles. The van der Waals surface area contributed by atoms with Crippen LogP contribution >= 0.6 is 11.6 Å². The van der Waals surface area contributed by atoms with Gasteiger partial charge in [0.1, 0.15) is 0 Å². The third-order valence-corrected chi connectivity index (χ3v) is 4.66. The monoisotopic (exact) mass is 341 g/mol. The number of hydrogen-bond acceptors (Lipinski definition) is 4. The number of aliphatic hydroxyl groups is 1. The largest absolute Gasteiger partial charge is 0.490 e. The molecule has 1 aromatic rings. The van der Waals surface area contributed by atoms with E-state index in [0.717, 1.165) is 38.0 Å². The summed E-state index contributed by atoms with van der Waals surface area (Å²) in [6.07, 6.45) is 1.38. The normalized spacial score (nSPS) is 22.1. The second kappa shape index (κ2) is 8.76. The average Bonchev–Trinajstić information content (AvgIpc) is 2.53. The first-order chi connectivity index (χ1) is 11.1. The van der Waals surface area contributed by atoms with Crippen LogP contribution in [0.1, 0.15) is 32.8 Å². The highest BCUT2D eigenvalue weighted by atomic mass is 35.5. The highest BCUT2D eigenvalue weighted by Gasteiger charge is 2.27. The maximum Gasteiger partial charge on any atom is 0.179 e. The first-order valence-electron chi connectivity index (χ1n) is 8.57. The Morgan fingerprint density at radius 2 is 1.96 bits per heavy atom. The molecule has 1 aliphatic heterocycles. The van der Waals surface area contributed by atoms with Crippen molar-refractivity contribution in [1.82, 2.24) is 4.90 Å². The van der Waals surface area contributed by atoms with Gasteiger partial charge in [0, 0.05) is 19.0 Å². The lowest BCUT2D eigenvalue weighted by Gasteiger charge is -2.35. The van der Waals surface area contributed by atoms with Gasteiger partial charge in [0.15, 0.2) is 11.5 Å². The van der Waals surface area contributed by atoms with Crippen molar-refractivity contribution < 1.29 is 14.6 Å². The molecule has 4 nitrogen and oxygen atoms in total. The van der Waals surface area contributed by atoms with Crippen molar-refractivity contribution in [3.8, 4) is 11.5 Å². The van der Waals surface area contributed by atoms with Crippen LogP contribution in [0.3, 0.4) is 0 Å². The van der Waals surface area contributed by atoms with Gasteiger partial charge in [-0.15, -0.1) is 0 Å². The number of likely N-dealkylation sites (tertiary alicyclic amines) is 1. The molecular formula is C18H28ClNO3. The summed E-state index contributed by atoms with van der Waals surface area (Å²) in [5, 5.41) is 10.9. The van der Waals surface area contributed by atoms with Crippen molar-refractivity contribution >= 4 is 11.6 Å². The molecule has 23 heavy (non-hydrogen) atoms. The minimum absolute atomic E-state index is 0.229. The topological polar surface area (TPSA) is 41.9 Å². The summed E-state index contributed by atoms with van der Waals surface area (Å²) in [6, 6.07) is 3.94. The summed E-state index contributed by atoms with van der Waals surface area (Å²) in [7, 11) is 0. The number of halogens is 1. The minimum atomic E-state index is -0.251. The fraction of sp³-hybridized carbons (Fsp3) is 0.667. The zero-order chi connectivity index (χ0) is 16.8. The minimum Gasteiger partial charge on any atom is -0.490 e. The van der Waals surface area contributed by atoms with Crippen LogP contribution in [0.4, 0.5) is 0 Å². The van der Waals surface area contributed by atoms with Gasteiger partial charge in [0.2, 0.25) is 0 Å². The van der Waals surface area contributed by atoms with Crippen molar-refractivity contribution in [2.75, 3.05) is 32.8 Å². The van der Waals surface area contributed by atoms with Gasteiger partial charge in [0.05, 0.1) is 24.3 Å². The summed E-state index contributed by atoms with van der Waals surface area (Å²) in [5.41, 5.74) is 1.09.